The third kappa shape index (κ3) is 3.29. The molecule has 0 saturated carbocycles. The van der Waals surface area contributed by atoms with Gasteiger partial charge < -0.3 is 0 Å². The zero-order valence-corrected chi connectivity index (χ0v) is 12.6. The molecule has 2 rings (SSSR count). The second-order valence-corrected chi connectivity index (χ2v) is 7.51. The Morgan fingerprint density at radius 1 is 1.05 bits per heavy atom. The van der Waals surface area contributed by atoms with Crippen LogP contribution in [-0.2, 0) is 11.0 Å². The van der Waals surface area contributed by atoms with Crippen LogP contribution in [0.3, 0.4) is 0 Å². The van der Waals surface area contributed by atoms with Gasteiger partial charge in [-0.25, -0.2) is 4.21 Å². The highest BCUT2D eigenvalue weighted by Crippen LogP contribution is 2.18. The molecule has 0 unspecified atom stereocenters. The topological polar surface area (TPSA) is 29.4 Å². The Morgan fingerprint density at radius 2 is 1.68 bits per heavy atom. The van der Waals surface area contributed by atoms with Crippen LogP contribution < -0.4 is 0 Å². The van der Waals surface area contributed by atoms with E-state index in [0.29, 0.717) is 0 Å². The van der Waals surface area contributed by atoms with Crippen LogP contribution in [0.1, 0.15) is 33.3 Å². The van der Waals surface area contributed by atoms with Crippen molar-refractivity contribution in [3.63, 3.8) is 0 Å². The molecule has 0 aliphatic rings. The Labute approximate surface area is 117 Å². The summed E-state index contributed by atoms with van der Waals surface area (Å²) in [5, 5.41) is 2.38. The summed E-state index contributed by atoms with van der Waals surface area (Å²) in [7, 11) is -1.21. The Bertz CT molecular complexity index is 653. The number of hydrogen-bond donors (Lipinski definition) is 0. The summed E-state index contributed by atoms with van der Waals surface area (Å²) in [5.74, 6) is 0. The van der Waals surface area contributed by atoms with Crippen molar-refractivity contribution in [1.29, 1.82) is 0 Å². The predicted molar refractivity (Wildman–Crippen MR) is 84.1 cm³/mol. The number of fused-ring (bicyclic) bond motifs is 1. The molecule has 19 heavy (non-hydrogen) atoms. The van der Waals surface area contributed by atoms with Gasteiger partial charge >= 0.3 is 0 Å². The third-order valence-corrected chi connectivity index (χ3v) is 4.40. The van der Waals surface area contributed by atoms with Gasteiger partial charge in [-0.3, -0.25) is 0 Å². The monoisotopic (exact) mass is 273 g/mol. The molecule has 100 valence electrons. The molecular weight excluding hydrogens is 254 g/mol. The maximum atomic E-state index is 12.0. The molecule has 0 aromatic heterocycles. The van der Waals surface area contributed by atoms with Crippen LogP contribution in [0, 0.1) is 0 Å². The standard InChI is InChI=1S/C16H19NOS/c1-12(17-19(18)16(2,3)4)14-10-9-13-7-5-6-8-15(13)11-14/h5-11H,1-4H3/b17-12+/t19-/m0/s1. The van der Waals surface area contributed by atoms with E-state index in [9.17, 15) is 4.21 Å². The highest BCUT2D eigenvalue weighted by molar-refractivity contribution is 7.85. The minimum atomic E-state index is -1.21. The molecular formula is C16H19NOS. The lowest BCUT2D eigenvalue weighted by atomic mass is 10.1. The summed E-state index contributed by atoms with van der Waals surface area (Å²) in [4.78, 5) is 0. The zero-order valence-electron chi connectivity index (χ0n) is 11.8. The van der Waals surface area contributed by atoms with Gasteiger partial charge in [0.25, 0.3) is 0 Å². The average Bonchev–Trinajstić information content (AvgIpc) is 2.37. The van der Waals surface area contributed by atoms with Crippen LogP contribution >= 0.6 is 0 Å². The van der Waals surface area contributed by atoms with Gasteiger partial charge in [0.2, 0.25) is 0 Å². The smallest absolute Gasteiger partial charge is 0.145 e. The molecule has 0 saturated heterocycles. The van der Waals surface area contributed by atoms with Crippen molar-refractivity contribution in [3.05, 3.63) is 48.0 Å². The van der Waals surface area contributed by atoms with E-state index >= 15 is 0 Å². The Kier molecular flexibility index (Phi) is 3.85. The molecule has 2 aromatic rings. The molecule has 3 heteroatoms. The van der Waals surface area contributed by atoms with Crippen molar-refractivity contribution in [2.75, 3.05) is 0 Å². The number of rotatable bonds is 2. The molecule has 1 atom stereocenters. The van der Waals surface area contributed by atoms with Crippen LogP contribution in [0.5, 0.6) is 0 Å². The Hall–Kier alpha value is -1.48. The first-order valence-electron chi connectivity index (χ1n) is 6.34. The Morgan fingerprint density at radius 3 is 2.32 bits per heavy atom. The molecule has 0 bridgehead atoms. The van der Waals surface area contributed by atoms with Crippen LogP contribution in [-0.4, -0.2) is 14.7 Å². The molecule has 0 radical (unpaired) electrons. The molecule has 2 nitrogen and oxygen atoms in total. The normalized spacial score (nSPS) is 14.6. The lowest BCUT2D eigenvalue weighted by molar-refractivity contribution is 0.650. The molecule has 0 heterocycles. The maximum absolute atomic E-state index is 12.0. The third-order valence-electron chi connectivity index (χ3n) is 2.91. The largest absolute Gasteiger partial charge is 0.234 e. The second kappa shape index (κ2) is 5.25. The van der Waals surface area contributed by atoms with E-state index in [4.69, 9.17) is 0 Å². The zero-order chi connectivity index (χ0) is 14.0. The number of nitrogens with zero attached hydrogens (tertiary/aromatic N) is 1. The van der Waals surface area contributed by atoms with Crippen molar-refractivity contribution in [3.8, 4) is 0 Å². The Balaban J connectivity index is 2.39. The van der Waals surface area contributed by atoms with E-state index in [1.165, 1.54) is 10.8 Å². The van der Waals surface area contributed by atoms with Gasteiger partial charge in [0, 0.05) is 0 Å². The maximum Gasteiger partial charge on any atom is 0.145 e. The van der Waals surface area contributed by atoms with Crippen LogP contribution in [0.25, 0.3) is 10.8 Å². The molecule has 0 aliphatic carbocycles. The van der Waals surface area contributed by atoms with Crippen molar-refractivity contribution in [1.82, 2.24) is 0 Å². The van der Waals surface area contributed by atoms with E-state index in [1.54, 1.807) is 0 Å². The lowest BCUT2D eigenvalue weighted by Gasteiger charge is -2.14. The van der Waals surface area contributed by atoms with Crippen molar-refractivity contribution < 1.29 is 4.21 Å². The summed E-state index contributed by atoms with van der Waals surface area (Å²) in [6.07, 6.45) is 0. The van der Waals surface area contributed by atoms with Crippen LogP contribution in [0.15, 0.2) is 46.9 Å². The van der Waals surface area contributed by atoms with Crippen molar-refractivity contribution in [2.45, 2.75) is 32.4 Å². The van der Waals surface area contributed by atoms with E-state index in [-0.39, 0.29) is 4.75 Å². The molecule has 0 fully saturated rings. The number of benzene rings is 2. The second-order valence-electron chi connectivity index (χ2n) is 5.60. The van der Waals surface area contributed by atoms with Gasteiger partial charge in [0.05, 0.1) is 10.5 Å². The van der Waals surface area contributed by atoms with Gasteiger partial charge in [-0.15, -0.1) is 0 Å². The SMILES string of the molecule is C/C(=N\[S@@](=O)C(C)(C)C)c1ccc2ccccc2c1. The predicted octanol–water partition coefficient (Wildman–Crippen LogP) is 4.11. The van der Waals surface area contributed by atoms with E-state index in [2.05, 4.69) is 28.7 Å². The van der Waals surface area contributed by atoms with Crippen molar-refractivity contribution in [2.24, 2.45) is 4.40 Å². The summed E-state index contributed by atoms with van der Waals surface area (Å²) in [6.45, 7) is 7.70. The molecule has 0 amide bonds. The summed E-state index contributed by atoms with van der Waals surface area (Å²) in [5.41, 5.74) is 1.84. The quantitative estimate of drug-likeness (QED) is 0.757. The first-order chi connectivity index (χ1) is 8.88. The van der Waals surface area contributed by atoms with E-state index < -0.39 is 11.0 Å². The van der Waals surface area contributed by atoms with Gasteiger partial charge in [0.15, 0.2) is 0 Å². The highest BCUT2D eigenvalue weighted by atomic mass is 32.2. The van der Waals surface area contributed by atoms with Gasteiger partial charge in [-0.1, -0.05) is 36.4 Å². The van der Waals surface area contributed by atoms with Crippen molar-refractivity contribution >= 4 is 27.5 Å². The van der Waals surface area contributed by atoms with E-state index in [1.807, 2.05) is 45.9 Å². The van der Waals surface area contributed by atoms with E-state index in [0.717, 1.165) is 11.3 Å². The fraction of sp³-hybridized carbons (Fsp3) is 0.312. The minimum Gasteiger partial charge on any atom is -0.234 e. The first kappa shape index (κ1) is 13.9. The van der Waals surface area contributed by atoms with Crippen LogP contribution in [0.2, 0.25) is 0 Å². The molecule has 0 N–H and O–H groups in total. The van der Waals surface area contributed by atoms with Gasteiger partial charge in [-0.05, 0) is 50.1 Å². The highest BCUT2D eigenvalue weighted by Gasteiger charge is 2.19. The first-order valence-corrected chi connectivity index (χ1v) is 7.45. The summed E-state index contributed by atoms with van der Waals surface area (Å²) in [6, 6.07) is 14.4. The summed E-state index contributed by atoms with van der Waals surface area (Å²) >= 11 is 0. The minimum absolute atomic E-state index is 0.321. The average molecular weight is 273 g/mol. The fourth-order valence-corrected chi connectivity index (χ4v) is 2.36. The summed E-state index contributed by atoms with van der Waals surface area (Å²) < 4.78 is 16.0. The van der Waals surface area contributed by atoms with Gasteiger partial charge in [0.1, 0.15) is 11.0 Å². The lowest BCUT2D eigenvalue weighted by Crippen LogP contribution is -2.20. The fourth-order valence-electron chi connectivity index (χ4n) is 1.73. The number of hydrogen-bond acceptors (Lipinski definition) is 1. The molecule has 2 aromatic carbocycles. The van der Waals surface area contributed by atoms with Crippen LogP contribution in [0.4, 0.5) is 0 Å². The van der Waals surface area contributed by atoms with Gasteiger partial charge in [-0.2, -0.15) is 4.40 Å². The molecule has 0 spiro atoms. The molecule has 0 aliphatic heterocycles.